The SMILES string of the molecule is Cc1ccc(S(N)(=O)=O)cc1NC1CC2CCC1C2. The van der Waals surface area contributed by atoms with E-state index in [0.29, 0.717) is 6.04 Å². The minimum Gasteiger partial charge on any atom is -0.382 e. The van der Waals surface area contributed by atoms with Crippen LogP contribution in [-0.4, -0.2) is 14.5 Å². The van der Waals surface area contributed by atoms with Crippen molar-refractivity contribution >= 4 is 15.7 Å². The standard InChI is InChI=1S/C14H20N2O2S/c1-9-2-5-12(19(15,17)18)8-13(9)16-14-7-10-3-4-11(14)6-10/h2,5,8,10-11,14,16H,3-4,6-7H2,1H3,(H2,15,17,18). The van der Waals surface area contributed by atoms with E-state index in [1.807, 2.05) is 13.0 Å². The summed E-state index contributed by atoms with van der Waals surface area (Å²) in [7, 11) is -3.63. The molecule has 104 valence electrons. The van der Waals surface area contributed by atoms with Crippen LogP contribution in [0.4, 0.5) is 5.69 Å². The Balaban J connectivity index is 1.84. The Hall–Kier alpha value is -1.07. The van der Waals surface area contributed by atoms with Crippen molar-refractivity contribution in [3.8, 4) is 0 Å². The van der Waals surface area contributed by atoms with Gasteiger partial charge in [-0.25, -0.2) is 13.6 Å². The van der Waals surface area contributed by atoms with Gasteiger partial charge in [0.1, 0.15) is 0 Å². The van der Waals surface area contributed by atoms with E-state index >= 15 is 0 Å². The normalized spacial score (nSPS) is 29.7. The Morgan fingerprint density at radius 2 is 2.05 bits per heavy atom. The molecule has 2 aliphatic rings. The van der Waals surface area contributed by atoms with Gasteiger partial charge in [-0.15, -0.1) is 0 Å². The number of hydrogen-bond acceptors (Lipinski definition) is 3. The topological polar surface area (TPSA) is 72.2 Å². The lowest BCUT2D eigenvalue weighted by molar-refractivity contribution is 0.439. The molecule has 0 amide bonds. The van der Waals surface area contributed by atoms with Gasteiger partial charge >= 0.3 is 0 Å². The van der Waals surface area contributed by atoms with Gasteiger partial charge in [-0.2, -0.15) is 0 Å². The second-order valence-electron chi connectivity index (χ2n) is 5.95. The molecule has 19 heavy (non-hydrogen) atoms. The third kappa shape index (κ3) is 2.49. The van der Waals surface area contributed by atoms with Gasteiger partial charge in [0.25, 0.3) is 0 Å². The van der Waals surface area contributed by atoms with Crippen LogP contribution in [0, 0.1) is 18.8 Å². The van der Waals surface area contributed by atoms with Crippen molar-refractivity contribution in [3.05, 3.63) is 23.8 Å². The van der Waals surface area contributed by atoms with Gasteiger partial charge in [0.15, 0.2) is 0 Å². The lowest BCUT2D eigenvalue weighted by Crippen LogP contribution is -2.26. The van der Waals surface area contributed by atoms with E-state index in [9.17, 15) is 8.42 Å². The first kappa shape index (κ1) is 12.9. The molecule has 3 N–H and O–H groups in total. The summed E-state index contributed by atoms with van der Waals surface area (Å²) in [5.41, 5.74) is 1.97. The van der Waals surface area contributed by atoms with Crippen LogP contribution in [0.25, 0.3) is 0 Å². The van der Waals surface area contributed by atoms with Gasteiger partial charge in [0.05, 0.1) is 4.90 Å². The first-order valence-electron chi connectivity index (χ1n) is 6.83. The zero-order valence-corrected chi connectivity index (χ0v) is 11.9. The number of nitrogens with one attached hydrogen (secondary N) is 1. The van der Waals surface area contributed by atoms with Crippen molar-refractivity contribution < 1.29 is 8.42 Å². The Bertz CT molecular complexity index is 597. The summed E-state index contributed by atoms with van der Waals surface area (Å²) < 4.78 is 22.8. The molecule has 0 spiro atoms. The van der Waals surface area contributed by atoms with Crippen LogP contribution in [0.5, 0.6) is 0 Å². The van der Waals surface area contributed by atoms with Crippen LogP contribution in [0.15, 0.2) is 23.1 Å². The van der Waals surface area contributed by atoms with E-state index in [4.69, 9.17) is 5.14 Å². The molecular weight excluding hydrogens is 260 g/mol. The molecule has 3 unspecified atom stereocenters. The Morgan fingerprint density at radius 1 is 1.26 bits per heavy atom. The molecule has 2 fully saturated rings. The second kappa shape index (κ2) is 4.49. The van der Waals surface area contributed by atoms with Crippen molar-refractivity contribution in [3.63, 3.8) is 0 Å². The van der Waals surface area contributed by atoms with Crippen LogP contribution < -0.4 is 10.5 Å². The van der Waals surface area contributed by atoms with E-state index in [-0.39, 0.29) is 4.90 Å². The number of hydrogen-bond donors (Lipinski definition) is 2. The van der Waals surface area contributed by atoms with Crippen LogP contribution in [0.3, 0.4) is 0 Å². The van der Waals surface area contributed by atoms with E-state index < -0.39 is 10.0 Å². The zero-order chi connectivity index (χ0) is 13.6. The average Bonchev–Trinajstić information content (AvgIpc) is 2.92. The van der Waals surface area contributed by atoms with E-state index in [2.05, 4.69) is 5.32 Å². The molecule has 1 aromatic carbocycles. The largest absolute Gasteiger partial charge is 0.382 e. The highest BCUT2D eigenvalue weighted by molar-refractivity contribution is 7.89. The van der Waals surface area contributed by atoms with Crippen molar-refractivity contribution in [1.82, 2.24) is 0 Å². The van der Waals surface area contributed by atoms with Crippen molar-refractivity contribution in [1.29, 1.82) is 0 Å². The molecule has 5 heteroatoms. The molecule has 0 aromatic heterocycles. The first-order chi connectivity index (χ1) is 8.93. The van der Waals surface area contributed by atoms with Gasteiger partial charge < -0.3 is 5.32 Å². The minimum absolute atomic E-state index is 0.184. The summed E-state index contributed by atoms with van der Waals surface area (Å²) in [4.78, 5) is 0.184. The van der Waals surface area contributed by atoms with E-state index in [0.717, 1.165) is 23.1 Å². The number of primary sulfonamides is 1. The average molecular weight is 280 g/mol. The maximum Gasteiger partial charge on any atom is 0.238 e. The van der Waals surface area contributed by atoms with Crippen LogP contribution in [0.2, 0.25) is 0 Å². The Labute approximate surface area is 114 Å². The fourth-order valence-corrected chi connectivity index (χ4v) is 4.09. The van der Waals surface area contributed by atoms with E-state index in [1.54, 1.807) is 12.1 Å². The fraction of sp³-hybridized carbons (Fsp3) is 0.571. The lowest BCUT2D eigenvalue weighted by Gasteiger charge is -2.25. The van der Waals surface area contributed by atoms with Gasteiger partial charge in [0.2, 0.25) is 10.0 Å². The van der Waals surface area contributed by atoms with Crippen LogP contribution >= 0.6 is 0 Å². The van der Waals surface area contributed by atoms with Crippen molar-refractivity contribution in [2.45, 2.75) is 43.5 Å². The summed E-state index contributed by atoms with van der Waals surface area (Å²) in [6.45, 7) is 1.99. The number of nitrogens with two attached hydrogens (primary N) is 1. The number of aryl methyl sites for hydroxylation is 1. The number of rotatable bonds is 3. The smallest absolute Gasteiger partial charge is 0.238 e. The molecule has 4 nitrogen and oxygen atoms in total. The molecule has 0 saturated heterocycles. The summed E-state index contributed by atoms with van der Waals surface area (Å²) in [5.74, 6) is 1.62. The van der Waals surface area contributed by atoms with Crippen molar-refractivity contribution in [2.24, 2.45) is 17.0 Å². The minimum atomic E-state index is -3.63. The number of fused-ring (bicyclic) bond motifs is 2. The molecule has 0 heterocycles. The highest BCUT2D eigenvalue weighted by Gasteiger charge is 2.39. The molecule has 0 radical (unpaired) electrons. The van der Waals surface area contributed by atoms with E-state index in [1.165, 1.54) is 25.7 Å². The maximum atomic E-state index is 11.4. The van der Waals surface area contributed by atoms with Gasteiger partial charge in [0, 0.05) is 11.7 Å². The molecule has 3 rings (SSSR count). The predicted molar refractivity (Wildman–Crippen MR) is 75.4 cm³/mol. The lowest BCUT2D eigenvalue weighted by atomic mass is 9.95. The number of anilines is 1. The Kier molecular flexibility index (Phi) is 3.06. The van der Waals surface area contributed by atoms with Crippen LogP contribution in [-0.2, 0) is 10.0 Å². The molecule has 3 atom stereocenters. The molecule has 1 aromatic rings. The third-order valence-corrected chi connectivity index (χ3v) is 5.53. The zero-order valence-electron chi connectivity index (χ0n) is 11.1. The highest BCUT2D eigenvalue weighted by Crippen LogP contribution is 2.45. The summed E-state index contributed by atoms with van der Waals surface area (Å²) in [6.07, 6.45) is 5.20. The molecule has 0 aliphatic heterocycles. The molecule has 2 aliphatic carbocycles. The molecule has 2 bridgehead atoms. The van der Waals surface area contributed by atoms with Gasteiger partial charge in [-0.05, 0) is 55.7 Å². The number of benzene rings is 1. The summed E-state index contributed by atoms with van der Waals surface area (Å²) >= 11 is 0. The highest BCUT2D eigenvalue weighted by atomic mass is 32.2. The number of sulfonamides is 1. The monoisotopic (exact) mass is 280 g/mol. The van der Waals surface area contributed by atoms with Crippen molar-refractivity contribution in [2.75, 3.05) is 5.32 Å². The van der Waals surface area contributed by atoms with Gasteiger partial charge in [-0.3, -0.25) is 0 Å². The van der Waals surface area contributed by atoms with Crippen LogP contribution in [0.1, 0.15) is 31.2 Å². The summed E-state index contributed by atoms with van der Waals surface area (Å²) in [6, 6.07) is 5.54. The fourth-order valence-electron chi connectivity index (χ4n) is 3.55. The first-order valence-corrected chi connectivity index (χ1v) is 8.38. The quantitative estimate of drug-likeness (QED) is 0.892. The molecular formula is C14H20N2O2S. The predicted octanol–water partition coefficient (Wildman–Crippen LogP) is 2.24. The summed E-state index contributed by atoms with van der Waals surface area (Å²) in [5, 5.41) is 8.72. The second-order valence-corrected chi connectivity index (χ2v) is 7.51. The molecule has 2 saturated carbocycles. The van der Waals surface area contributed by atoms with Gasteiger partial charge in [-0.1, -0.05) is 12.5 Å². The third-order valence-electron chi connectivity index (χ3n) is 4.62. The maximum absolute atomic E-state index is 11.4. The Morgan fingerprint density at radius 3 is 2.63 bits per heavy atom.